The molecule has 8 heteroatoms. The highest BCUT2D eigenvalue weighted by atomic mass is 32.2. The molecule has 1 aliphatic heterocycles. The third kappa shape index (κ3) is 4.22. The zero-order valence-electron chi connectivity index (χ0n) is 16.7. The Morgan fingerprint density at radius 2 is 1.86 bits per heavy atom. The van der Waals surface area contributed by atoms with Crippen LogP contribution in [0.4, 0.5) is 0 Å². The summed E-state index contributed by atoms with van der Waals surface area (Å²) in [6.45, 7) is 3.80. The number of benzene rings is 1. The van der Waals surface area contributed by atoms with Crippen LogP contribution >= 0.6 is 11.8 Å². The lowest BCUT2D eigenvalue weighted by Crippen LogP contribution is -2.40. The summed E-state index contributed by atoms with van der Waals surface area (Å²) in [4.78, 5) is 14.9. The number of fused-ring (bicyclic) bond motifs is 1. The highest BCUT2D eigenvalue weighted by molar-refractivity contribution is 8.00. The van der Waals surface area contributed by atoms with Crippen molar-refractivity contribution in [1.29, 1.82) is 0 Å². The summed E-state index contributed by atoms with van der Waals surface area (Å²) in [7, 11) is 1.64. The number of likely N-dealkylation sites (tertiary alicyclic amines) is 1. The van der Waals surface area contributed by atoms with Crippen LogP contribution in [0.25, 0.3) is 17.0 Å². The molecule has 1 atom stereocenters. The first-order valence-electron chi connectivity index (χ1n) is 10.0. The van der Waals surface area contributed by atoms with Crippen molar-refractivity contribution >= 4 is 23.3 Å². The lowest BCUT2D eigenvalue weighted by molar-refractivity contribution is -0.131. The highest BCUT2D eigenvalue weighted by Crippen LogP contribution is 2.28. The molecule has 1 amide bonds. The van der Waals surface area contributed by atoms with Gasteiger partial charge in [-0.3, -0.25) is 4.79 Å². The maximum atomic E-state index is 12.9. The molecule has 1 unspecified atom stereocenters. The fourth-order valence-corrected chi connectivity index (χ4v) is 4.51. The van der Waals surface area contributed by atoms with Crippen LogP contribution in [0.1, 0.15) is 32.6 Å². The van der Waals surface area contributed by atoms with Gasteiger partial charge in [0.2, 0.25) is 5.91 Å². The number of hydrogen-bond acceptors (Lipinski definition) is 6. The van der Waals surface area contributed by atoms with Gasteiger partial charge in [-0.1, -0.05) is 18.7 Å². The molecule has 4 rings (SSSR count). The number of piperidine rings is 1. The van der Waals surface area contributed by atoms with Gasteiger partial charge in [0.15, 0.2) is 11.5 Å². The molecule has 0 saturated carbocycles. The summed E-state index contributed by atoms with van der Waals surface area (Å²) in [5.41, 5.74) is 1.58. The average molecular weight is 412 g/mol. The highest BCUT2D eigenvalue weighted by Gasteiger charge is 2.26. The molecule has 3 aromatic rings. The number of nitrogens with zero attached hydrogens (tertiary/aromatic N) is 5. The van der Waals surface area contributed by atoms with Gasteiger partial charge in [-0.25, -0.2) is 0 Å². The number of aromatic nitrogens is 4. The summed E-state index contributed by atoms with van der Waals surface area (Å²) >= 11 is 1.52. The summed E-state index contributed by atoms with van der Waals surface area (Å²) in [5.74, 6) is 1.67. The summed E-state index contributed by atoms with van der Waals surface area (Å²) in [6.07, 6.45) is 4.19. The van der Waals surface area contributed by atoms with E-state index < -0.39 is 0 Å². The predicted octanol–water partition coefficient (Wildman–Crippen LogP) is 3.68. The van der Waals surface area contributed by atoms with Crippen molar-refractivity contribution in [3.63, 3.8) is 0 Å². The maximum Gasteiger partial charge on any atom is 0.236 e. The fourth-order valence-electron chi connectivity index (χ4n) is 3.53. The van der Waals surface area contributed by atoms with E-state index in [1.165, 1.54) is 18.2 Å². The van der Waals surface area contributed by atoms with Crippen molar-refractivity contribution in [2.45, 2.75) is 42.9 Å². The van der Waals surface area contributed by atoms with Crippen LogP contribution in [0.15, 0.2) is 41.4 Å². The molecule has 0 radical (unpaired) electrons. The second kappa shape index (κ2) is 8.82. The number of rotatable bonds is 6. The van der Waals surface area contributed by atoms with Gasteiger partial charge in [0.1, 0.15) is 10.8 Å². The lowest BCUT2D eigenvalue weighted by Gasteiger charge is -2.29. The van der Waals surface area contributed by atoms with Gasteiger partial charge in [-0.15, -0.1) is 10.2 Å². The van der Waals surface area contributed by atoms with Crippen LogP contribution in [0.5, 0.6) is 5.75 Å². The van der Waals surface area contributed by atoms with Gasteiger partial charge < -0.3 is 9.64 Å². The molecule has 3 heterocycles. The molecule has 152 valence electrons. The van der Waals surface area contributed by atoms with Gasteiger partial charge in [0.25, 0.3) is 0 Å². The van der Waals surface area contributed by atoms with E-state index in [2.05, 4.69) is 17.1 Å². The molecular weight excluding hydrogens is 386 g/mol. The first-order chi connectivity index (χ1) is 14.2. The average Bonchev–Trinajstić information content (AvgIpc) is 3.21. The predicted molar refractivity (Wildman–Crippen MR) is 113 cm³/mol. The topological polar surface area (TPSA) is 72.6 Å². The SMILES string of the molecule is CCC(Sc1ccc2nnc(-c3ccc(OC)cc3)n2n1)C(=O)N1CCCCC1. The minimum absolute atomic E-state index is 0.126. The molecule has 7 nitrogen and oxygen atoms in total. The van der Waals surface area contributed by atoms with Crippen LogP contribution in [-0.2, 0) is 4.79 Å². The molecule has 2 aromatic heterocycles. The molecule has 1 fully saturated rings. The first kappa shape index (κ1) is 19.7. The molecule has 0 spiro atoms. The second-order valence-corrected chi connectivity index (χ2v) is 8.32. The van der Waals surface area contributed by atoms with Crippen LogP contribution in [0, 0.1) is 0 Å². The smallest absolute Gasteiger partial charge is 0.236 e. The molecule has 1 aromatic carbocycles. The van der Waals surface area contributed by atoms with E-state index in [0.29, 0.717) is 11.5 Å². The fraction of sp³-hybridized carbons (Fsp3) is 0.429. The van der Waals surface area contributed by atoms with E-state index in [1.54, 1.807) is 11.6 Å². The van der Waals surface area contributed by atoms with Crippen molar-refractivity contribution in [3.8, 4) is 17.1 Å². The Morgan fingerprint density at radius 3 is 2.55 bits per heavy atom. The largest absolute Gasteiger partial charge is 0.497 e. The molecule has 29 heavy (non-hydrogen) atoms. The minimum atomic E-state index is -0.126. The van der Waals surface area contributed by atoms with E-state index in [1.807, 2.05) is 41.3 Å². The monoisotopic (exact) mass is 411 g/mol. The van der Waals surface area contributed by atoms with Crippen LogP contribution in [0.3, 0.4) is 0 Å². The van der Waals surface area contributed by atoms with Gasteiger partial charge in [0, 0.05) is 18.7 Å². The van der Waals surface area contributed by atoms with Crippen LogP contribution in [-0.4, -0.2) is 56.1 Å². The zero-order chi connectivity index (χ0) is 20.2. The van der Waals surface area contributed by atoms with Crippen molar-refractivity contribution in [3.05, 3.63) is 36.4 Å². The molecule has 0 aliphatic carbocycles. The number of ether oxygens (including phenoxy) is 1. The van der Waals surface area contributed by atoms with Crippen molar-refractivity contribution in [1.82, 2.24) is 24.7 Å². The third-order valence-corrected chi connectivity index (χ3v) is 6.44. The number of carbonyl (C=O) groups excluding carboxylic acids is 1. The summed E-state index contributed by atoms with van der Waals surface area (Å²) in [5, 5.41) is 13.9. The van der Waals surface area contributed by atoms with Crippen molar-refractivity contribution in [2.75, 3.05) is 20.2 Å². The number of hydrogen-bond donors (Lipinski definition) is 0. The minimum Gasteiger partial charge on any atom is -0.497 e. The molecule has 0 bridgehead atoms. The zero-order valence-corrected chi connectivity index (χ0v) is 17.6. The number of methoxy groups -OCH3 is 1. The van der Waals surface area contributed by atoms with Crippen LogP contribution in [0.2, 0.25) is 0 Å². The third-order valence-electron chi connectivity index (χ3n) is 5.16. The number of amides is 1. The second-order valence-electron chi connectivity index (χ2n) is 7.09. The summed E-state index contributed by atoms with van der Waals surface area (Å²) in [6, 6.07) is 11.5. The Morgan fingerprint density at radius 1 is 1.10 bits per heavy atom. The Kier molecular flexibility index (Phi) is 5.99. The van der Waals surface area contributed by atoms with Gasteiger partial charge >= 0.3 is 0 Å². The lowest BCUT2D eigenvalue weighted by atomic mass is 10.1. The molecule has 1 aliphatic rings. The Bertz CT molecular complexity index is 982. The first-order valence-corrected chi connectivity index (χ1v) is 10.9. The Balaban J connectivity index is 1.58. The van der Waals surface area contributed by atoms with E-state index in [4.69, 9.17) is 9.84 Å². The van der Waals surface area contributed by atoms with Gasteiger partial charge in [0.05, 0.1) is 12.4 Å². The van der Waals surface area contributed by atoms with E-state index in [0.717, 1.165) is 48.7 Å². The van der Waals surface area contributed by atoms with Gasteiger partial charge in [-0.05, 0) is 62.1 Å². The summed E-state index contributed by atoms with van der Waals surface area (Å²) < 4.78 is 6.96. The molecule has 1 saturated heterocycles. The van der Waals surface area contributed by atoms with E-state index in [9.17, 15) is 4.79 Å². The Labute approximate surface area is 174 Å². The molecular formula is C21H25N5O2S. The van der Waals surface area contributed by atoms with E-state index in [-0.39, 0.29) is 11.2 Å². The quantitative estimate of drug-likeness (QED) is 0.576. The normalized spacial score (nSPS) is 15.4. The maximum absolute atomic E-state index is 12.9. The standard InChI is InChI=1S/C21H25N5O2S/c1-3-17(21(27)25-13-5-4-6-14-25)29-19-12-11-18-22-23-20(26(18)24-19)15-7-9-16(28-2)10-8-15/h7-12,17H,3-6,13-14H2,1-2H3. The van der Waals surface area contributed by atoms with E-state index >= 15 is 0 Å². The van der Waals surface area contributed by atoms with Gasteiger partial charge in [-0.2, -0.15) is 9.61 Å². The van der Waals surface area contributed by atoms with Crippen molar-refractivity contribution in [2.24, 2.45) is 0 Å². The molecule has 0 N–H and O–H groups in total. The Hall–Kier alpha value is -2.61. The number of carbonyl (C=O) groups is 1. The van der Waals surface area contributed by atoms with Crippen molar-refractivity contribution < 1.29 is 9.53 Å². The van der Waals surface area contributed by atoms with Crippen LogP contribution < -0.4 is 4.74 Å². The number of thioether (sulfide) groups is 1.